The maximum atomic E-state index is 12.8. The highest BCUT2D eigenvalue weighted by atomic mass is 16.5. The van der Waals surface area contributed by atoms with Crippen molar-refractivity contribution in [3.05, 3.63) is 78.1 Å². The first kappa shape index (κ1) is 24.0. The molecule has 0 radical (unpaired) electrons. The molecule has 0 atom stereocenters. The van der Waals surface area contributed by atoms with Crippen LogP contribution in [-0.4, -0.2) is 34.2 Å². The number of rotatable bonds is 7. The van der Waals surface area contributed by atoms with Gasteiger partial charge in [0.25, 0.3) is 0 Å². The van der Waals surface area contributed by atoms with E-state index in [1.807, 2.05) is 87.4 Å². The summed E-state index contributed by atoms with van der Waals surface area (Å²) < 4.78 is 17.0. The number of aryl methyl sites for hydroxylation is 1. The lowest BCUT2D eigenvalue weighted by Crippen LogP contribution is -2.10. The van der Waals surface area contributed by atoms with Gasteiger partial charge in [0.05, 0.1) is 20.5 Å². The first-order valence-corrected chi connectivity index (χ1v) is 11.3. The number of hydrogen-bond acceptors (Lipinski definition) is 5. The molecular formula is C29H30N2O4. The monoisotopic (exact) mass is 470 g/mol. The SMILES string of the molecule is COc1ccc(-c2coc3c(C)c(OC)c(/C(C)=C/C(=O)Nc4ccc(N(C)C)cc4)cc23)cc1. The lowest BCUT2D eigenvalue weighted by molar-refractivity contribution is -0.111. The van der Waals surface area contributed by atoms with Crippen LogP contribution in [0.3, 0.4) is 0 Å². The average molecular weight is 471 g/mol. The van der Waals surface area contributed by atoms with Crippen molar-refractivity contribution in [2.24, 2.45) is 0 Å². The van der Waals surface area contributed by atoms with Gasteiger partial charge in [-0.2, -0.15) is 0 Å². The highest BCUT2D eigenvalue weighted by Gasteiger charge is 2.19. The largest absolute Gasteiger partial charge is 0.497 e. The third-order valence-electron chi connectivity index (χ3n) is 6.07. The summed E-state index contributed by atoms with van der Waals surface area (Å²) in [4.78, 5) is 14.8. The maximum Gasteiger partial charge on any atom is 0.248 e. The molecule has 0 aliphatic carbocycles. The number of nitrogens with one attached hydrogen (secondary N) is 1. The van der Waals surface area contributed by atoms with E-state index < -0.39 is 0 Å². The summed E-state index contributed by atoms with van der Waals surface area (Å²) in [5, 5.41) is 3.89. The number of methoxy groups -OCH3 is 2. The standard InChI is InChI=1S/C29H30N2O4/c1-18(15-27(32)30-21-9-11-22(12-10-21)31(3)4)24-16-25-26(20-7-13-23(33-5)14-8-20)17-35-29(25)19(2)28(24)34-6/h7-17H,1-6H3,(H,30,32)/b18-15+. The molecule has 0 saturated carbocycles. The second-order valence-electron chi connectivity index (χ2n) is 8.59. The predicted octanol–water partition coefficient (Wildman–Crippen LogP) is 6.53. The van der Waals surface area contributed by atoms with Gasteiger partial charge in [-0.15, -0.1) is 0 Å². The molecule has 1 aromatic heterocycles. The van der Waals surface area contributed by atoms with E-state index in [-0.39, 0.29) is 5.91 Å². The van der Waals surface area contributed by atoms with Crippen LogP contribution in [0, 0.1) is 6.92 Å². The molecule has 6 heteroatoms. The number of anilines is 2. The number of nitrogens with zero attached hydrogens (tertiary/aromatic N) is 1. The molecule has 0 saturated heterocycles. The van der Waals surface area contributed by atoms with Crippen molar-refractivity contribution in [1.82, 2.24) is 0 Å². The Balaban J connectivity index is 1.69. The Morgan fingerprint density at radius 2 is 1.69 bits per heavy atom. The number of allylic oxidation sites excluding steroid dienone is 1. The van der Waals surface area contributed by atoms with Gasteiger partial charge in [0, 0.05) is 53.6 Å². The van der Waals surface area contributed by atoms with Gasteiger partial charge in [-0.1, -0.05) is 12.1 Å². The van der Waals surface area contributed by atoms with Gasteiger partial charge in [-0.3, -0.25) is 4.79 Å². The molecular weight excluding hydrogens is 440 g/mol. The zero-order valence-corrected chi connectivity index (χ0v) is 20.9. The molecule has 1 heterocycles. The Hall–Kier alpha value is -4.19. The van der Waals surface area contributed by atoms with Crippen LogP contribution in [0.15, 0.2) is 71.4 Å². The summed E-state index contributed by atoms with van der Waals surface area (Å²) in [6, 6.07) is 17.6. The minimum Gasteiger partial charge on any atom is -0.497 e. The first-order valence-electron chi connectivity index (χ1n) is 11.3. The van der Waals surface area contributed by atoms with Gasteiger partial charge in [-0.05, 0) is 67.4 Å². The third kappa shape index (κ3) is 4.87. The van der Waals surface area contributed by atoms with Crippen LogP contribution in [0.25, 0.3) is 27.7 Å². The van der Waals surface area contributed by atoms with Gasteiger partial charge in [0.2, 0.25) is 5.91 Å². The Bertz CT molecular complexity index is 1380. The summed E-state index contributed by atoms with van der Waals surface area (Å²) >= 11 is 0. The van der Waals surface area contributed by atoms with Crippen molar-refractivity contribution in [3.8, 4) is 22.6 Å². The van der Waals surface area contributed by atoms with E-state index >= 15 is 0 Å². The van der Waals surface area contributed by atoms with Gasteiger partial charge < -0.3 is 24.1 Å². The summed E-state index contributed by atoms with van der Waals surface area (Å²) in [5.74, 6) is 1.27. The van der Waals surface area contributed by atoms with Crippen LogP contribution in [0.2, 0.25) is 0 Å². The van der Waals surface area contributed by atoms with E-state index in [1.54, 1.807) is 26.6 Å². The van der Waals surface area contributed by atoms with Gasteiger partial charge in [-0.25, -0.2) is 0 Å². The number of carbonyl (C=O) groups excluding carboxylic acids is 1. The molecule has 0 spiro atoms. The zero-order chi connectivity index (χ0) is 25.1. The first-order chi connectivity index (χ1) is 16.8. The number of hydrogen-bond donors (Lipinski definition) is 1. The third-order valence-corrected chi connectivity index (χ3v) is 6.07. The topological polar surface area (TPSA) is 63.9 Å². The molecule has 0 aliphatic rings. The predicted molar refractivity (Wildman–Crippen MR) is 143 cm³/mol. The van der Waals surface area contributed by atoms with Crippen LogP contribution >= 0.6 is 0 Å². The number of furan rings is 1. The minimum absolute atomic E-state index is 0.206. The Morgan fingerprint density at radius 3 is 2.29 bits per heavy atom. The molecule has 0 fully saturated rings. The smallest absolute Gasteiger partial charge is 0.248 e. The Morgan fingerprint density at radius 1 is 1.00 bits per heavy atom. The zero-order valence-electron chi connectivity index (χ0n) is 20.9. The van der Waals surface area contributed by atoms with Crippen molar-refractivity contribution in [3.63, 3.8) is 0 Å². The highest BCUT2D eigenvalue weighted by Crippen LogP contribution is 2.40. The fraction of sp³-hybridized carbons (Fsp3) is 0.207. The molecule has 0 bridgehead atoms. The minimum atomic E-state index is -0.206. The summed E-state index contributed by atoms with van der Waals surface area (Å²) in [6.45, 7) is 3.87. The van der Waals surface area contributed by atoms with Crippen LogP contribution in [0.4, 0.5) is 11.4 Å². The fourth-order valence-corrected chi connectivity index (χ4v) is 4.16. The normalized spacial score (nSPS) is 11.4. The van der Waals surface area contributed by atoms with Gasteiger partial charge >= 0.3 is 0 Å². The number of ether oxygens (including phenoxy) is 2. The van der Waals surface area contributed by atoms with Crippen LogP contribution < -0.4 is 19.7 Å². The van der Waals surface area contributed by atoms with Crippen LogP contribution in [-0.2, 0) is 4.79 Å². The molecule has 1 N–H and O–H groups in total. The van der Waals surface area contributed by atoms with Crippen molar-refractivity contribution >= 4 is 33.8 Å². The van der Waals surface area contributed by atoms with Crippen molar-refractivity contribution in [2.45, 2.75) is 13.8 Å². The lowest BCUT2D eigenvalue weighted by atomic mass is 9.96. The Kier molecular flexibility index (Phi) is 6.82. The Labute approximate surface area is 205 Å². The number of carbonyl (C=O) groups is 1. The van der Waals surface area contributed by atoms with Gasteiger partial charge in [0.1, 0.15) is 17.1 Å². The van der Waals surface area contributed by atoms with Crippen molar-refractivity contribution in [2.75, 3.05) is 38.5 Å². The van der Waals surface area contributed by atoms with Crippen molar-refractivity contribution < 1.29 is 18.7 Å². The van der Waals surface area contributed by atoms with E-state index in [9.17, 15) is 4.79 Å². The fourth-order valence-electron chi connectivity index (χ4n) is 4.16. The van der Waals surface area contributed by atoms with Gasteiger partial charge in [0.15, 0.2) is 0 Å². The maximum absolute atomic E-state index is 12.8. The quantitative estimate of drug-likeness (QED) is 0.311. The highest BCUT2D eigenvalue weighted by molar-refractivity contribution is 6.06. The van der Waals surface area contributed by atoms with Crippen molar-refractivity contribution in [1.29, 1.82) is 0 Å². The van der Waals surface area contributed by atoms with E-state index in [0.29, 0.717) is 5.75 Å². The summed E-state index contributed by atoms with van der Waals surface area (Å²) in [7, 11) is 7.23. The molecule has 35 heavy (non-hydrogen) atoms. The lowest BCUT2D eigenvalue weighted by Gasteiger charge is -2.14. The van der Waals surface area contributed by atoms with E-state index in [0.717, 1.165) is 55.9 Å². The summed E-state index contributed by atoms with van der Waals surface area (Å²) in [5.41, 5.74) is 7.05. The van der Waals surface area contributed by atoms with E-state index in [2.05, 4.69) is 5.32 Å². The second-order valence-corrected chi connectivity index (χ2v) is 8.59. The second kappa shape index (κ2) is 9.97. The number of benzene rings is 3. The number of amides is 1. The van der Waals surface area contributed by atoms with Crippen LogP contribution in [0.5, 0.6) is 11.5 Å². The van der Waals surface area contributed by atoms with Crippen LogP contribution in [0.1, 0.15) is 18.1 Å². The molecule has 0 unspecified atom stereocenters. The molecule has 4 rings (SSSR count). The molecule has 180 valence electrons. The number of fused-ring (bicyclic) bond motifs is 1. The molecule has 1 amide bonds. The molecule has 3 aromatic carbocycles. The van der Waals surface area contributed by atoms with E-state index in [4.69, 9.17) is 13.9 Å². The average Bonchev–Trinajstić information content (AvgIpc) is 3.28. The molecule has 6 nitrogen and oxygen atoms in total. The summed E-state index contributed by atoms with van der Waals surface area (Å²) in [6.07, 6.45) is 3.35. The molecule has 4 aromatic rings. The van der Waals surface area contributed by atoms with E-state index in [1.165, 1.54) is 0 Å². The molecule has 0 aliphatic heterocycles.